The van der Waals surface area contributed by atoms with E-state index in [2.05, 4.69) is 15.3 Å². The van der Waals surface area contributed by atoms with E-state index >= 15 is 0 Å². The highest BCUT2D eigenvalue weighted by molar-refractivity contribution is 7.21. The van der Waals surface area contributed by atoms with E-state index in [0.717, 1.165) is 26.5 Å². The Hall–Kier alpha value is -3.12. The van der Waals surface area contributed by atoms with Gasteiger partial charge in [0.05, 0.1) is 0 Å². The average Bonchev–Trinajstić information content (AvgIpc) is 3.07. The molecule has 4 aromatic rings. The van der Waals surface area contributed by atoms with Gasteiger partial charge in [0.2, 0.25) is 0 Å². The van der Waals surface area contributed by atoms with Gasteiger partial charge in [-0.15, -0.1) is 0 Å². The number of hydrogen-bond acceptors (Lipinski definition) is 4. The van der Waals surface area contributed by atoms with Crippen molar-refractivity contribution < 1.29 is 9.18 Å². The molecule has 0 aliphatic carbocycles. The number of pyridine rings is 1. The summed E-state index contributed by atoms with van der Waals surface area (Å²) in [4.78, 5) is 22.2. The summed E-state index contributed by atoms with van der Waals surface area (Å²) in [6.45, 7) is 1.93. The number of nitrogens with zero attached hydrogens (tertiary/aromatic N) is 2. The Bertz CT molecular complexity index is 1090. The highest BCUT2D eigenvalue weighted by Gasteiger charge is 2.14. The van der Waals surface area contributed by atoms with Gasteiger partial charge in [0.25, 0.3) is 5.91 Å². The fourth-order valence-corrected chi connectivity index (χ4v) is 3.70. The molecule has 0 unspecified atom stereocenters. The molecule has 2 heterocycles. The van der Waals surface area contributed by atoms with E-state index in [0.29, 0.717) is 5.69 Å². The van der Waals surface area contributed by atoms with E-state index in [9.17, 15) is 9.18 Å². The van der Waals surface area contributed by atoms with Crippen LogP contribution in [0.2, 0.25) is 0 Å². The summed E-state index contributed by atoms with van der Waals surface area (Å²) in [5.41, 5.74) is 3.63. The van der Waals surface area contributed by atoms with Crippen LogP contribution in [0.15, 0.2) is 60.8 Å². The zero-order valence-corrected chi connectivity index (χ0v) is 14.7. The number of amides is 1. The van der Waals surface area contributed by atoms with Crippen molar-refractivity contribution in [2.75, 3.05) is 5.32 Å². The summed E-state index contributed by atoms with van der Waals surface area (Å²) in [6, 6.07) is 15.0. The number of nitrogens with one attached hydrogen (secondary N) is 1. The van der Waals surface area contributed by atoms with Crippen LogP contribution < -0.4 is 5.32 Å². The maximum Gasteiger partial charge on any atom is 0.255 e. The molecule has 4 rings (SSSR count). The predicted octanol–water partition coefficient (Wildman–Crippen LogP) is 5.06. The van der Waals surface area contributed by atoms with E-state index in [1.54, 1.807) is 12.3 Å². The van der Waals surface area contributed by atoms with Gasteiger partial charge >= 0.3 is 0 Å². The van der Waals surface area contributed by atoms with Gasteiger partial charge in [-0.05, 0) is 48.9 Å². The molecule has 26 heavy (non-hydrogen) atoms. The van der Waals surface area contributed by atoms with Gasteiger partial charge in [-0.3, -0.25) is 4.79 Å². The minimum Gasteiger partial charge on any atom is -0.322 e. The first-order valence-corrected chi connectivity index (χ1v) is 8.82. The van der Waals surface area contributed by atoms with E-state index in [1.165, 1.54) is 29.5 Å². The number of carbonyl (C=O) groups is 1. The van der Waals surface area contributed by atoms with Gasteiger partial charge in [-0.2, -0.15) is 0 Å². The van der Waals surface area contributed by atoms with Crippen LogP contribution >= 0.6 is 11.3 Å². The highest BCUT2D eigenvalue weighted by atomic mass is 32.1. The molecular weight excluding hydrogens is 349 g/mol. The van der Waals surface area contributed by atoms with Crippen LogP contribution in [0.4, 0.5) is 10.1 Å². The number of thiazole rings is 1. The summed E-state index contributed by atoms with van der Waals surface area (Å²) in [5.74, 6) is -0.791. The molecule has 0 bridgehead atoms. The van der Waals surface area contributed by atoms with E-state index < -0.39 is 5.82 Å². The van der Waals surface area contributed by atoms with E-state index in [4.69, 9.17) is 0 Å². The lowest BCUT2D eigenvalue weighted by Crippen LogP contribution is -2.13. The van der Waals surface area contributed by atoms with Crippen molar-refractivity contribution in [3.05, 3.63) is 77.7 Å². The second-order valence-corrected chi connectivity index (χ2v) is 6.77. The van der Waals surface area contributed by atoms with Gasteiger partial charge in [-0.25, -0.2) is 14.4 Å². The SMILES string of the molecule is Cc1c(NC(=O)c2cccc(F)c2)cccc1-c1nc2cccnc2s1. The van der Waals surface area contributed by atoms with Gasteiger partial charge in [0.1, 0.15) is 21.2 Å². The summed E-state index contributed by atoms with van der Waals surface area (Å²) >= 11 is 1.51. The quantitative estimate of drug-likeness (QED) is 0.554. The molecule has 0 radical (unpaired) electrons. The second kappa shape index (κ2) is 6.65. The first-order valence-electron chi connectivity index (χ1n) is 8.00. The molecule has 2 aromatic carbocycles. The zero-order valence-electron chi connectivity index (χ0n) is 13.9. The zero-order chi connectivity index (χ0) is 18.1. The normalized spacial score (nSPS) is 10.8. The Morgan fingerprint density at radius 1 is 1.12 bits per heavy atom. The Labute approximate surface area is 153 Å². The van der Waals surface area contributed by atoms with Gasteiger partial charge in [-0.1, -0.05) is 29.5 Å². The Morgan fingerprint density at radius 3 is 2.77 bits per heavy atom. The third kappa shape index (κ3) is 3.07. The third-order valence-electron chi connectivity index (χ3n) is 4.07. The maximum atomic E-state index is 13.3. The lowest BCUT2D eigenvalue weighted by molar-refractivity contribution is 0.102. The van der Waals surface area contributed by atoms with Crippen LogP contribution in [0.1, 0.15) is 15.9 Å². The first kappa shape index (κ1) is 16.4. The van der Waals surface area contributed by atoms with Crippen molar-refractivity contribution in [2.45, 2.75) is 6.92 Å². The fraction of sp³-hybridized carbons (Fsp3) is 0.0500. The number of rotatable bonds is 3. The predicted molar refractivity (Wildman–Crippen MR) is 102 cm³/mol. The lowest BCUT2D eigenvalue weighted by atomic mass is 10.1. The Morgan fingerprint density at radius 2 is 1.96 bits per heavy atom. The maximum absolute atomic E-state index is 13.3. The Kier molecular flexibility index (Phi) is 4.18. The standard InChI is InChI=1S/C20H14FN3OS/c1-12-15(19-24-17-9-4-10-22-20(17)26-19)7-3-8-16(12)23-18(25)13-5-2-6-14(21)11-13/h2-11H,1H3,(H,23,25). The number of carbonyl (C=O) groups excluding carboxylic acids is 1. The van der Waals surface area contributed by atoms with E-state index in [-0.39, 0.29) is 11.5 Å². The van der Waals surface area contributed by atoms with Crippen molar-refractivity contribution in [1.82, 2.24) is 9.97 Å². The van der Waals surface area contributed by atoms with Crippen LogP contribution in [-0.2, 0) is 0 Å². The fourth-order valence-electron chi connectivity index (χ4n) is 2.71. The molecule has 0 aliphatic rings. The molecule has 0 saturated carbocycles. The first-order chi connectivity index (χ1) is 12.6. The van der Waals surface area contributed by atoms with Gasteiger partial charge in [0, 0.05) is 23.0 Å². The van der Waals surface area contributed by atoms with E-state index in [1.807, 2.05) is 37.3 Å². The average molecular weight is 363 g/mol. The van der Waals surface area contributed by atoms with Crippen LogP contribution in [0.5, 0.6) is 0 Å². The monoisotopic (exact) mass is 363 g/mol. The smallest absolute Gasteiger partial charge is 0.255 e. The van der Waals surface area contributed by atoms with Crippen LogP contribution in [0, 0.1) is 12.7 Å². The highest BCUT2D eigenvalue weighted by Crippen LogP contribution is 2.33. The minimum absolute atomic E-state index is 0.277. The topological polar surface area (TPSA) is 54.9 Å². The Balaban J connectivity index is 1.68. The molecule has 0 fully saturated rings. The van der Waals surface area contributed by atoms with Crippen LogP contribution in [-0.4, -0.2) is 15.9 Å². The number of anilines is 1. The van der Waals surface area contributed by atoms with Crippen molar-refractivity contribution in [2.24, 2.45) is 0 Å². The largest absolute Gasteiger partial charge is 0.322 e. The van der Waals surface area contributed by atoms with Crippen LogP contribution in [0.3, 0.4) is 0 Å². The summed E-state index contributed by atoms with van der Waals surface area (Å²) in [6.07, 6.45) is 1.74. The molecule has 1 amide bonds. The number of aromatic nitrogens is 2. The molecule has 4 nitrogen and oxygen atoms in total. The number of benzene rings is 2. The molecule has 0 atom stereocenters. The van der Waals surface area contributed by atoms with Crippen LogP contribution in [0.25, 0.3) is 20.9 Å². The molecule has 1 N–H and O–H groups in total. The minimum atomic E-state index is -0.440. The summed E-state index contributed by atoms with van der Waals surface area (Å²) < 4.78 is 13.3. The number of halogens is 1. The molecule has 6 heteroatoms. The molecule has 2 aromatic heterocycles. The van der Waals surface area contributed by atoms with Crippen molar-refractivity contribution in [3.63, 3.8) is 0 Å². The third-order valence-corrected chi connectivity index (χ3v) is 5.08. The molecular formula is C20H14FN3OS. The van der Waals surface area contributed by atoms with Gasteiger partial charge < -0.3 is 5.32 Å². The lowest BCUT2D eigenvalue weighted by Gasteiger charge is -2.11. The molecule has 128 valence electrons. The number of fused-ring (bicyclic) bond motifs is 1. The molecule has 0 spiro atoms. The van der Waals surface area contributed by atoms with Crippen molar-refractivity contribution in [1.29, 1.82) is 0 Å². The number of hydrogen-bond donors (Lipinski definition) is 1. The summed E-state index contributed by atoms with van der Waals surface area (Å²) in [7, 11) is 0. The van der Waals surface area contributed by atoms with Gasteiger partial charge in [0.15, 0.2) is 0 Å². The van der Waals surface area contributed by atoms with Crippen molar-refractivity contribution in [3.8, 4) is 10.6 Å². The molecule has 0 saturated heterocycles. The van der Waals surface area contributed by atoms with Crippen molar-refractivity contribution >= 4 is 33.3 Å². The summed E-state index contributed by atoms with van der Waals surface area (Å²) in [5, 5.41) is 3.70. The molecule has 0 aliphatic heterocycles. The second-order valence-electron chi connectivity index (χ2n) is 5.79.